The molecule has 1 unspecified atom stereocenters. The van der Waals surface area contributed by atoms with Gasteiger partial charge in [0.25, 0.3) is 0 Å². The van der Waals surface area contributed by atoms with Gasteiger partial charge in [-0.05, 0) is 38.0 Å². The molecule has 23 heavy (non-hydrogen) atoms. The van der Waals surface area contributed by atoms with Gasteiger partial charge < -0.3 is 10.1 Å². The minimum absolute atomic E-state index is 0.0918. The molecule has 0 saturated heterocycles. The normalized spacial score (nSPS) is 13.0. The van der Waals surface area contributed by atoms with Gasteiger partial charge in [0.05, 0.1) is 19.1 Å². The fraction of sp³-hybridized carbons (Fsp3) is 0.562. The highest BCUT2D eigenvalue weighted by Gasteiger charge is 2.22. The zero-order valence-corrected chi connectivity index (χ0v) is 15.2. The van der Waals surface area contributed by atoms with Gasteiger partial charge in [-0.3, -0.25) is 4.79 Å². The molecule has 1 aromatic carbocycles. The van der Waals surface area contributed by atoms with E-state index in [1.54, 1.807) is 6.07 Å². The van der Waals surface area contributed by atoms with Crippen LogP contribution in [0, 0.1) is 6.92 Å². The molecule has 1 rings (SSSR count). The molecule has 0 bridgehead atoms. The summed E-state index contributed by atoms with van der Waals surface area (Å²) in [4.78, 5) is 12.1. The van der Waals surface area contributed by atoms with E-state index in [1.807, 2.05) is 32.9 Å². The largest absolute Gasteiger partial charge is 0.495 e. The van der Waals surface area contributed by atoms with Crippen molar-refractivity contribution in [2.45, 2.75) is 39.7 Å². The highest BCUT2D eigenvalue weighted by molar-refractivity contribution is 7.88. The van der Waals surface area contributed by atoms with Gasteiger partial charge >= 0.3 is 0 Å². The van der Waals surface area contributed by atoms with Gasteiger partial charge in [-0.1, -0.05) is 13.0 Å². The highest BCUT2D eigenvalue weighted by Crippen LogP contribution is 2.25. The molecule has 0 aliphatic rings. The number of nitrogens with zero attached hydrogens (tertiary/aromatic N) is 1. The van der Waals surface area contributed by atoms with Gasteiger partial charge in [-0.25, -0.2) is 8.42 Å². The average Bonchev–Trinajstić information content (AvgIpc) is 2.46. The number of ether oxygens (including phenoxy) is 1. The number of anilines is 1. The van der Waals surface area contributed by atoms with E-state index >= 15 is 0 Å². The van der Waals surface area contributed by atoms with Crippen molar-refractivity contribution in [3.8, 4) is 5.75 Å². The molecule has 0 spiro atoms. The first-order valence-electron chi connectivity index (χ1n) is 7.60. The predicted octanol–water partition coefficient (Wildman–Crippen LogP) is 2.39. The molecule has 6 nitrogen and oxygen atoms in total. The second-order valence-corrected chi connectivity index (χ2v) is 7.57. The predicted molar refractivity (Wildman–Crippen MR) is 92.3 cm³/mol. The zero-order valence-electron chi connectivity index (χ0n) is 14.4. The van der Waals surface area contributed by atoms with Crippen LogP contribution < -0.4 is 10.1 Å². The number of hydrogen-bond donors (Lipinski definition) is 1. The first-order valence-corrected chi connectivity index (χ1v) is 9.45. The Kier molecular flexibility index (Phi) is 7.02. The Labute approximate surface area is 138 Å². The van der Waals surface area contributed by atoms with Crippen molar-refractivity contribution in [2.75, 3.05) is 25.2 Å². The number of nitrogens with one attached hydrogen (secondary N) is 1. The molecular formula is C16H26N2O4S. The van der Waals surface area contributed by atoms with Gasteiger partial charge in [-0.15, -0.1) is 0 Å². The van der Waals surface area contributed by atoms with E-state index in [9.17, 15) is 13.2 Å². The molecule has 0 saturated carbocycles. The van der Waals surface area contributed by atoms with Gasteiger partial charge in [0, 0.05) is 19.0 Å². The summed E-state index contributed by atoms with van der Waals surface area (Å²) < 4.78 is 30.2. The molecule has 7 heteroatoms. The number of hydrogen-bond acceptors (Lipinski definition) is 4. The van der Waals surface area contributed by atoms with Crippen LogP contribution in [-0.4, -0.2) is 44.6 Å². The summed E-state index contributed by atoms with van der Waals surface area (Å²) in [6, 6.07) is 5.36. The summed E-state index contributed by atoms with van der Waals surface area (Å²) in [5.74, 6) is 0.330. The Morgan fingerprint density at radius 2 is 2.04 bits per heavy atom. The lowest BCUT2D eigenvalue weighted by Crippen LogP contribution is -2.39. The van der Waals surface area contributed by atoms with Crippen LogP contribution in [0.1, 0.15) is 32.3 Å². The van der Waals surface area contributed by atoms with E-state index in [1.165, 1.54) is 17.7 Å². The fourth-order valence-electron chi connectivity index (χ4n) is 2.26. The van der Waals surface area contributed by atoms with E-state index in [0.29, 0.717) is 17.9 Å². The lowest BCUT2D eigenvalue weighted by molar-refractivity contribution is -0.116. The number of carbonyl (C=O) groups is 1. The van der Waals surface area contributed by atoms with Crippen molar-refractivity contribution >= 4 is 21.6 Å². The monoisotopic (exact) mass is 342 g/mol. The Morgan fingerprint density at radius 3 is 2.57 bits per heavy atom. The van der Waals surface area contributed by atoms with Gasteiger partial charge in [-0.2, -0.15) is 4.31 Å². The van der Waals surface area contributed by atoms with E-state index in [4.69, 9.17) is 4.74 Å². The summed E-state index contributed by atoms with van der Waals surface area (Å²) in [7, 11) is -1.80. The van der Waals surface area contributed by atoms with Crippen LogP contribution >= 0.6 is 0 Å². The molecule has 1 amide bonds. The third-order valence-electron chi connectivity index (χ3n) is 3.70. The van der Waals surface area contributed by atoms with Crippen LogP contribution in [0.2, 0.25) is 0 Å². The van der Waals surface area contributed by atoms with Crippen LogP contribution in [0.3, 0.4) is 0 Å². The Morgan fingerprint density at radius 1 is 1.39 bits per heavy atom. The topological polar surface area (TPSA) is 75.7 Å². The number of methoxy groups -OCH3 is 1. The van der Waals surface area contributed by atoms with Crippen molar-refractivity contribution in [3.05, 3.63) is 23.8 Å². The third-order valence-corrected chi connectivity index (χ3v) is 5.09. The van der Waals surface area contributed by atoms with Crippen LogP contribution in [-0.2, 0) is 14.8 Å². The van der Waals surface area contributed by atoms with Crippen molar-refractivity contribution in [3.63, 3.8) is 0 Å². The number of aryl methyl sites for hydroxylation is 1. The molecule has 130 valence electrons. The maximum absolute atomic E-state index is 12.1. The van der Waals surface area contributed by atoms with E-state index < -0.39 is 10.0 Å². The Bertz CT molecular complexity index is 643. The molecule has 0 fully saturated rings. The van der Waals surface area contributed by atoms with Crippen LogP contribution in [0.25, 0.3) is 0 Å². The van der Waals surface area contributed by atoms with Gasteiger partial charge in [0.2, 0.25) is 15.9 Å². The average molecular weight is 342 g/mol. The number of sulfonamides is 1. The maximum atomic E-state index is 12.1. The second-order valence-electron chi connectivity index (χ2n) is 5.63. The van der Waals surface area contributed by atoms with Crippen molar-refractivity contribution < 1.29 is 17.9 Å². The van der Waals surface area contributed by atoms with Gasteiger partial charge in [0.15, 0.2) is 0 Å². The molecule has 1 N–H and O–H groups in total. The van der Waals surface area contributed by atoms with Crippen LogP contribution in [0.5, 0.6) is 5.75 Å². The summed E-state index contributed by atoms with van der Waals surface area (Å²) in [6.07, 6.45) is 1.95. The molecular weight excluding hydrogens is 316 g/mol. The second kappa shape index (κ2) is 8.31. The van der Waals surface area contributed by atoms with Crippen LogP contribution in [0.15, 0.2) is 18.2 Å². The SMILES string of the molecule is CCC(C)N(CCC(=O)Nc1cc(C)ccc1OC)S(C)(=O)=O. The summed E-state index contributed by atoms with van der Waals surface area (Å²) in [5, 5.41) is 2.78. The third kappa shape index (κ3) is 5.84. The maximum Gasteiger partial charge on any atom is 0.225 e. The molecule has 0 aliphatic carbocycles. The summed E-state index contributed by atoms with van der Waals surface area (Å²) >= 11 is 0. The standard InChI is InChI=1S/C16H26N2O4S/c1-6-13(3)18(23(5,20)21)10-9-16(19)17-14-11-12(2)7-8-15(14)22-4/h7-8,11,13H,6,9-10H2,1-5H3,(H,17,19). The smallest absolute Gasteiger partial charge is 0.225 e. The fourth-order valence-corrected chi connectivity index (χ4v) is 3.49. The first-order chi connectivity index (χ1) is 10.7. The number of carbonyl (C=O) groups excluding carboxylic acids is 1. The molecule has 1 aromatic rings. The van der Waals surface area contributed by atoms with Gasteiger partial charge in [0.1, 0.15) is 5.75 Å². The Balaban J connectivity index is 2.75. The lowest BCUT2D eigenvalue weighted by Gasteiger charge is -2.25. The van der Waals surface area contributed by atoms with E-state index in [2.05, 4.69) is 5.32 Å². The lowest BCUT2D eigenvalue weighted by atomic mass is 10.2. The van der Waals surface area contributed by atoms with E-state index in [0.717, 1.165) is 5.56 Å². The van der Waals surface area contributed by atoms with Crippen molar-refractivity contribution in [2.24, 2.45) is 0 Å². The van der Waals surface area contributed by atoms with Crippen LogP contribution in [0.4, 0.5) is 5.69 Å². The number of amides is 1. The zero-order chi connectivity index (χ0) is 17.6. The molecule has 0 heterocycles. The van der Waals surface area contributed by atoms with Crippen molar-refractivity contribution in [1.82, 2.24) is 4.31 Å². The van der Waals surface area contributed by atoms with E-state index in [-0.39, 0.29) is 24.9 Å². The number of rotatable bonds is 8. The highest BCUT2D eigenvalue weighted by atomic mass is 32.2. The quantitative estimate of drug-likeness (QED) is 0.787. The van der Waals surface area contributed by atoms with Crippen molar-refractivity contribution in [1.29, 1.82) is 0 Å². The molecule has 0 aromatic heterocycles. The number of benzene rings is 1. The molecule has 0 aliphatic heterocycles. The minimum atomic E-state index is -3.34. The first kappa shape index (κ1) is 19.4. The summed E-state index contributed by atoms with van der Waals surface area (Å²) in [5.41, 5.74) is 1.59. The molecule has 0 radical (unpaired) electrons. The summed E-state index contributed by atoms with van der Waals surface area (Å²) in [6.45, 7) is 5.83. The molecule has 1 atom stereocenters. The minimum Gasteiger partial charge on any atom is -0.495 e. The Hall–Kier alpha value is -1.60.